The van der Waals surface area contributed by atoms with Crippen LogP contribution in [0.15, 0.2) is 53.4 Å². The third-order valence-electron chi connectivity index (χ3n) is 5.77. The standard InChI is InChI=1S/C24H26N4O4S2/c1-4-32-24(29)22-16(2)19(17(3)25-22)15-28(14-13-18-9-6-5-7-10-18)34(30,31)21-12-8-11-20-23(21)27-33-26-20/h5-12,25H,4,13-15H2,1-3H3. The minimum absolute atomic E-state index is 0.108. The van der Waals surface area contributed by atoms with E-state index in [1.807, 2.05) is 37.3 Å². The van der Waals surface area contributed by atoms with Crippen molar-refractivity contribution in [1.29, 1.82) is 0 Å². The van der Waals surface area contributed by atoms with Crippen LogP contribution in [0.2, 0.25) is 0 Å². The minimum Gasteiger partial charge on any atom is -0.461 e. The summed E-state index contributed by atoms with van der Waals surface area (Å²) in [5.41, 5.74) is 4.47. The number of sulfonamides is 1. The predicted molar refractivity (Wildman–Crippen MR) is 131 cm³/mol. The molecular formula is C24H26N4O4S2. The lowest BCUT2D eigenvalue weighted by molar-refractivity contribution is 0.0519. The molecule has 4 aromatic rings. The van der Waals surface area contributed by atoms with Gasteiger partial charge in [-0.1, -0.05) is 36.4 Å². The Morgan fingerprint density at radius 1 is 1.09 bits per heavy atom. The van der Waals surface area contributed by atoms with Gasteiger partial charge in [0.2, 0.25) is 10.0 Å². The fourth-order valence-electron chi connectivity index (χ4n) is 3.92. The highest BCUT2D eigenvalue weighted by atomic mass is 32.2. The number of ether oxygens (including phenoxy) is 1. The van der Waals surface area contributed by atoms with Gasteiger partial charge in [-0.05, 0) is 56.0 Å². The first kappa shape index (κ1) is 24.1. The van der Waals surface area contributed by atoms with E-state index < -0.39 is 16.0 Å². The van der Waals surface area contributed by atoms with Crippen LogP contribution in [0.3, 0.4) is 0 Å². The van der Waals surface area contributed by atoms with E-state index in [0.29, 0.717) is 28.7 Å². The van der Waals surface area contributed by atoms with Crippen LogP contribution in [0, 0.1) is 13.8 Å². The van der Waals surface area contributed by atoms with Crippen molar-refractivity contribution >= 4 is 38.8 Å². The lowest BCUT2D eigenvalue weighted by Crippen LogP contribution is -2.33. The molecule has 0 amide bonds. The highest BCUT2D eigenvalue weighted by Crippen LogP contribution is 2.28. The van der Waals surface area contributed by atoms with Gasteiger partial charge in [-0.15, -0.1) is 0 Å². The number of H-pyrrole nitrogens is 1. The molecule has 1 N–H and O–H groups in total. The lowest BCUT2D eigenvalue weighted by Gasteiger charge is -2.23. The minimum atomic E-state index is -3.91. The van der Waals surface area contributed by atoms with Crippen molar-refractivity contribution in [2.45, 2.75) is 38.6 Å². The van der Waals surface area contributed by atoms with E-state index in [1.165, 1.54) is 4.31 Å². The second kappa shape index (κ2) is 10.0. The third-order valence-corrected chi connectivity index (χ3v) is 8.19. The number of benzene rings is 2. The van der Waals surface area contributed by atoms with Gasteiger partial charge in [-0.2, -0.15) is 13.1 Å². The second-order valence-corrected chi connectivity index (χ2v) is 10.3. The average molecular weight is 499 g/mol. The van der Waals surface area contributed by atoms with E-state index >= 15 is 0 Å². The van der Waals surface area contributed by atoms with Crippen LogP contribution in [0.4, 0.5) is 0 Å². The summed E-state index contributed by atoms with van der Waals surface area (Å²) in [7, 11) is -3.91. The molecule has 0 unspecified atom stereocenters. The van der Waals surface area contributed by atoms with Crippen LogP contribution in [-0.4, -0.2) is 45.6 Å². The molecule has 0 saturated carbocycles. The van der Waals surface area contributed by atoms with Gasteiger partial charge in [-0.25, -0.2) is 13.2 Å². The largest absolute Gasteiger partial charge is 0.461 e. The number of aromatic nitrogens is 3. The van der Waals surface area contributed by atoms with Crippen molar-refractivity contribution in [3.05, 3.63) is 76.6 Å². The second-order valence-electron chi connectivity index (χ2n) is 7.91. The summed E-state index contributed by atoms with van der Waals surface area (Å²) in [5.74, 6) is -0.452. The summed E-state index contributed by atoms with van der Waals surface area (Å²) in [6.45, 7) is 6.01. The summed E-state index contributed by atoms with van der Waals surface area (Å²) < 4.78 is 42.8. The Morgan fingerprint density at radius 2 is 1.85 bits per heavy atom. The Hall–Kier alpha value is -3.08. The zero-order valence-corrected chi connectivity index (χ0v) is 20.9. The Morgan fingerprint density at radius 3 is 2.59 bits per heavy atom. The number of esters is 1. The molecule has 0 fully saturated rings. The van der Waals surface area contributed by atoms with E-state index in [-0.39, 0.29) is 24.6 Å². The number of hydrogen-bond acceptors (Lipinski definition) is 7. The molecule has 4 rings (SSSR count). The Kier molecular flexibility index (Phi) is 7.11. The molecule has 34 heavy (non-hydrogen) atoms. The number of fused-ring (bicyclic) bond motifs is 1. The fraction of sp³-hybridized carbons (Fsp3) is 0.292. The van der Waals surface area contributed by atoms with Crippen LogP contribution >= 0.6 is 11.7 Å². The van der Waals surface area contributed by atoms with E-state index in [4.69, 9.17) is 4.74 Å². The number of hydrogen-bond donors (Lipinski definition) is 1. The predicted octanol–water partition coefficient (Wildman–Crippen LogP) is 4.25. The van der Waals surface area contributed by atoms with E-state index in [0.717, 1.165) is 28.5 Å². The number of aromatic amines is 1. The number of nitrogens with one attached hydrogen (secondary N) is 1. The Labute approximate surface area is 203 Å². The van der Waals surface area contributed by atoms with Crippen molar-refractivity contribution in [1.82, 2.24) is 18.0 Å². The van der Waals surface area contributed by atoms with Gasteiger partial charge in [0.25, 0.3) is 0 Å². The molecule has 0 aliphatic rings. The third kappa shape index (κ3) is 4.75. The maximum absolute atomic E-state index is 13.9. The SMILES string of the molecule is CCOC(=O)c1[nH]c(C)c(CN(CCc2ccccc2)S(=O)(=O)c2cccc3nsnc23)c1C. The highest BCUT2D eigenvalue weighted by Gasteiger charge is 2.30. The zero-order chi connectivity index (χ0) is 24.3. The zero-order valence-electron chi connectivity index (χ0n) is 19.2. The van der Waals surface area contributed by atoms with Gasteiger partial charge in [-0.3, -0.25) is 0 Å². The molecule has 10 heteroatoms. The van der Waals surface area contributed by atoms with Gasteiger partial charge in [0.05, 0.1) is 18.3 Å². The monoisotopic (exact) mass is 498 g/mol. The maximum atomic E-state index is 13.9. The Bertz CT molecular complexity index is 1410. The first-order valence-electron chi connectivity index (χ1n) is 10.9. The number of rotatable bonds is 9. The van der Waals surface area contributed by atoms with Gasteiger partial charge in [0, 0.05) is 18.8 Å². The maximum Gasteiger partial charge on any atom is 0.355 e. The summed E-state index contributed by atoms with van der Waals surface area (Å²) in [6, 6.07) is 14.7. The molecule has 2 aromatic heterocycles. The number of carbonyl (C=O) groups is 1. The van der Waals surface area contributed by atoms with Crippen molar-refractivity contribution in [3.63, 3.8) is 0 Å². The summed E-state index contributed by atoms with van der Waals surface area (Å²) >= 11 is 0.986. The average Bonchev–Trinajstić information content (AvgIpc) is 3.41. The van der Waals surface area contributed by atoms with Crippen LogP contribution in [0.25, 0.3) is 11.0 Å². The quantitative estimate of drug-likeness (QED) is 0.346. The van der Waals surface area contributed by atoms with E-state index in [1.54, 1.807) is 32.0 Å². The molecule has 2 heterocycles. The van der Waals surface area contributed by atoms with Crippen molar-refractivity contribution < 1.29 is 17.9 Å². The molecule has 0 atom stereocenters. The Balaban J connectivity index is 1.73. The molecule has 0 aliphatic heterocycles. The lowest BCUT2D eigenvalue weighted by atomic mass is 10.1. The molecule has 178 valence electrons. The topological polar surface area (TPSA) is 105 Å². The van der Waals surface area contributed by atoms with Crippen molar-refractivity contribution in [3.8, 4) is 0 Å². The first-order valence-corrected chi connectivity index (χ1v) is 13.1. The highest BCUT2D eigenvalue weighted by molar-refractivity contribution is 7.89. The number of carbonyl (C=O) groups excluding carboxylic acids is 1. The van der Waals surface area contributed by atoms with Crippen molar-refractivity contribution in [2.75, 3.05) is 13.2 Å². The molecular weight excluding hydrogens is 472 g/mol. The summed E-state index contributed by atoms with van der Waals surface area (Å²) in [4.78, 5) is 15.6. The van der Waals surface area contributed by atoms with Gasteiger partial charge in [0.15, 0.2) is 0 Å². The van der Waals surface area contributed by atoms with Crippen LogP contribution < -0.4 is 0 Å². The first-order chi connectivity index (χ1) is 16.3. The molecule has 0 saturated heterocycles. The molecule has 0 spiro atoms. The smallest absolute Gasteiger partial charge is 0.355 e. The van der Waals surface area contributed by atoms with Crippen molar-refractivity contribution in [2.24, 2.45) is 0 Å². The number of nitrogens with zero attached hydrogens (tertiary/aromatic N) is 3. The summed E-state index contributed by atoms with van der Waals surface area (Å²) in [5, 5.41) is 0. The molecule has 0 bridgehead atoms. The van der Waals surface area contributed by atoms with Crippen LogP contribution in [0.5, 0.6) is 0 Å². The molecule has 2 aromatic carbocycles. The molecule has 0 radical (unpaired) electrons. The number of aryl methyl sites for hydroxylation is 1. The normalized spacial score (nSPS) is 11.9. The van der Waals surface area contributed by atoms with E-state index in [9.17, 15) is 13.2 Å². The summed E-state index contributed by atoms with van der Waals surface area (Å²) in [6.07, 6.45) is 0.540. The van der Waals surface area contributed by atoms with Gasteiger partial charge in [0.1, 0.15) is 21.6 Å². The van der Waals surface area contributed by atoms with E-state index in [2.05, 4.69) is 13.7 Å². The molecule has 0 aliphatic carbocycles. The fourth-order valence-corrected chi connectivity index (χ4v) is 6.08. The van der Waals surface area contributed by atoms with Crippen LogP contribution in [0.1, 0.15) is 39.8 Å². The molecule has 8 nitrogen and oxygen atoms in total. The van der Waals surface area contributed by atoms with Gasteiger partial charge >= 0.3 is 5.97 Å². The van der Waals surface area contributed by atoms with Gasteiger partial charge < -0.3 is 9.72 Å². The van der Waals surface area contributed by atoms with Crippen LogP contribution in [-0.2, 0) is 27.7 Å².